The van der Waals surface area contributed by atoms with Crippen molar-refractivity contribution in [2.24, 2.45) is 10.9 Å². The summed E-state index contributed by atoms with van der Waals surface area (Å²) in [6, 6.07) is 7.25. The Morgan fingerprint density at radius 2 is 2.06 bits per heavy atom. The summed E-state index contributed by atoms with van der Waals surface area (Å²) in [5.74, 6) is -0.311. The number of carbonyl (C=O) groups is 1. The van der Waals surface area contributed by atoms with Crippen LogP contribution in [0.5, 0.6) is 0 Å². The number of hydrogen-bond donors (Lipinski definition) is 1. The van der Waals surface area contributed by atoms with Crippen LogP contribution in [0.15, 0.2) is 46.2 Å². The van der Waals surface area contributed by atoms with Crippen LogP contribution in [0, 0.1) is 0 Å². The van der Waals surface area contributed by atoms with Gasteiger partial charge in [-0.05, 0) is 12.1 Å². The molecule has 2 N–H and O–H groups in total. The van der Waals surface area contributed by atoms with Crippen molar-refractivity contribution in [2.75, 3.05) is 7.11 Å². The summed E-state index contributed by atoms with van der Waals surface area (Å²) in [7, 11) is 1.27. The van der Waals surface area contributed by atoms with Crippen molar-refractivity contribution < 1.29 is 14.4 Å². The van der Waals surface area contributed by atoms with E-state index in [1.807, 2.05) is 12.1 Å². The Bertz CT molecular complexity index is 441. The van der Waals surface area contributed by atoms with Crippen LogP contribution in [-0.2, 0) is 14.4 Å². The monoisotopic (exact) mass is 298 g/mol. The second kappa shape index (κ2) is 6.70. The average molecular weight is 299 g/mol. The maximum Gasteiger partial charge on any atom is 0.333 e. The van der Waals surface area contributed by atoms with E-state index in [2.05, 4.69) is 25.8 Å². The lowest BCUT2D eigenvalue weighted by molar-refractivity contribution is -0.134. The fourth-order valence-electron chi connectivity index (χ4n) is 0.915. The van der Waals surface area contributed by atoms with Gasteiger partial charge in [0.05, 0.1) is 13.2 Å². The number of carbonyl (C=O) groups excluding carboxylic acids is 1. The number of rotatable bonds is 4. The molecule has 0 heterocycles. The Morgan fingerprint density at radius 1 is 1.41 bits per heavy atom. The number of methoxy groups -OCH3 is 1. The summed E-state index contributed by atoms with van der Waals surface area (Å²) >= 11 is 3.31. The standard InChI is InChI=1S/C11H11BrN2O3/c1-16-10(15)6-7-17-14-11(13)8-2-4-9(12)5-3-8/h2-7H,1H3,(H2,13,14)/b7-6-. The van der Waals surface area contributed by atoms with Crippen LogP contribution in [-0.4, -0.2) is 18.9 Å². The first kappa shape index (κ1) is 13.2. The van der Waals surface area contributed by atoms with Crippen molar-refractivity contribution in [3.05, 3.63) is 46.6 Å². The van der Waals surface area contributed by atoms with Crippen LogP contribution in [0.3, 0.4) is 0 Å². The van der Waals surface area contributed by atoms with Gasteiger partial charge in [-0.2, -0.15) is 0 Å². The molecule has 0 atom stereocenters. The third-order valence-electron chi connectivity index (χ3n) is 1.76. The van der Waals surface area contributed by atoms with E-state index < -0.39 is 5.97 Å². The maximum atomic E-state index is 10.7. The van der Waals surface area contributed by atoms with Gasteiger partial charge in [-0.1, -0.05) is 33.2 Å². The van der Waals surface area contributed by atoms with Crippen molar-refractivity contribution in [1.29, 1.82) is 0 Å². The molecule has 6 heteroatoms. The normalized spacial score (nSPS) is 11.5. The zero-order valence-corrected chi connectivity index (χ0v) is 10.7. The highest BCUT2D eigenvalue weighted by molar-refractivity contribution is 9.10. The molecule has 0 fully saturated rings. The van der Waals surface area contributed by atoms with Crippen LogP contribution in [0.4, 0.5) is 0 Å². The van der Waals surface area contributed by atoms with Crippen LogP contribution < -0.4 is 5.73 Å². The molecule has 0 aliphatic heterocycles. The molecular formula is C11H11BrN2O3. The smallest absolute Gasteiger partial charge is 0.333 e. The number of nitrogens with two attached hydrogens (primary N) is 1. The third kappa shape index (κ3) is 4.69. The Kier molecular flexibility index (Phi) is 5.22. The molecule has 5 nitrogen and oxygen atoms in total. The molecule has 0 spiro atoms. The Morgan fingerprint density at radius 3 is 2.65 bits per heavy atom. The van der Waals surface area contributed by atoms with Gasteiger partial charge in [0.25, 0.3) is 0 Å². The molecule has 90 valence electrons. The zero-order chi connectivity index (χ0) is 12.7. The van der Waals surface area contributed by atoms with Crippen LogP contribution in [0.2, 0.25) is 0 Å². The molecule has 1 aromatic carbocycles. The first-order chi connectivity index (χ1) is 8.13. The highest BCUT2D eigenvalue weighted by Crippen LogP contribution is 2.10. The molecule has 0 saturated heterocycles. The fourth-order valence-corrected chi connectivity index (χ4v) is 1.18. The first-order valence-corrected chi connectivity index (χ1v) is 5.42. The molecule has 0 radical (unpaired) electrons. The summed E-state index contributed by atoms with van der Waals surface area (Å²) < 4.78 is 5.31. The molecule has 1 aromatic rings. The van der Waals surface area contributed by atoms with E-state index in [0.29, 0.717) is 0 Å². The lowest BCUT2D eigenvalue weighted by atomic mass is 10.2. The lowest BCUT2D eigenvalue weighted by Gasteiger charge is -1.99. The summed E-state index contributed by atoms with van der Waals surface area (Å²) in [6.45, 7) is 0. The van der Waals surface area contributed by atoms with Gasteiger partial charge in [0, 0.05) is 10.0 Å². The SMILES string of the molecule is COC(=O)/C=C\O/N=C(/N)c1ccc(Br)cc1. The van der Waals surface area contributed by atoms with Gasteiger partial charge in [0.1, 0.15) is 6.26 Å². The molecule has 0 amide bonds. The fraction of sp³-hybridized carbons (Fsp3) is 0.0909. The van der Waals surface area contributed by atoms with E-state index in [-0.39, 0.29) is 5.84 Å². The largest absolute Gasteiger partial charge is 0.466 e. The van der Waals surface area contributed by atoms with Gasteiger partial charge < -0.3 is 15.3 Å². The summed E-state index contributed by atoms with van der Waals surface area (Å²) in [5.41, 5.74) is 6.38. The van der Waals surface area contributed by atoms with E-state index in [4.69, 9.17) is 10.6 Å². The van der Waals surface area contributed by atoms with E-state index in [1.165, 1.54) is 7.11 Å². The van der Waals surface area contributed by atoms with Gasteiger partial charge in [-0.25, -0.2) is 4.79 Å². The van der Waals surface area contributed by atoms with E-state index in [0.717, 1.165) is 22.4 Å². The minimum atomic E-state index is -0.526. The van der Waals surface area contributed by atoms with Gasteiger partial charge in [0.2, 0.25) is 0 Å². The predicted molar refractivity (Wildman–Crippen MR) is 67.1 cm³/mol. The van der Waals surface area contributed by atoms with Gasteiger partial charge in [-0.3, -0.25) is 0 Å². The van der Waals surface area contributed by atoms with Crippen LogP contribution >= 0.6 is 15.9 Å². The summed E-state index contributed by atoms with van der Waals surface area (Å²) in [6.07, 6.45) is 2.19. The number of halogens is 1. The second-order valence-electron chi connectivity index (χ2n) is 2.91. The van der Waals surface area contributed by atoms with Gasteiger partial charge in [0.15, 0.2) is 5.84 Å². The van der Waals surface area contributed by atoms with E-state index in [9.17, 15) is 4.79 Å². The van der Waals surface area contributed by atoms with Gasteiger partial charge >= 0.3 is 5.97 Å². The van der Waals surface area contributed by atoms with Crippen molar-refractivity contribution in [3.63, 3.8) is 0 Å². The quantitative estimate of drug-likeness (QED) is 0.230. The Labute approximate surface area is 107 Å². The Hall–Kier alpha value is -1.82. The highest BCUT2D eigenvalue weighted by Gasteiger charge is 1.98. The lowest BCUT2D eigenvalue weighted by Crippen LogP contribution is -2.13. The minimum Gasteiger partial charge on any atom is -0.466 e. The van der Waals surface area contributed by atoms with E-state index >= 15 is 0 Å². The number of amidine groups is 1. The Balaban J connectivity index is 2.58. The van der Waals surface area contributed by atoms with Gasteiger partial charge in [-0.15, -0.1) is 0 Å². The molecule has 1 rings (SSSR count). The first-order valence-electron chi connectivity index (χ1n) is 4.63. The van der Waals surface area contributed by atoms with Crippen molar-refractivity contribution in [2.45, 2.75) is 0 Å². The topological polar surface area (TPSA) is 73.9 Å². The van der Waals surface area contributed by atoms with Crippen molar-refractivity contribution in [3.8, 4) is 0 Å². The zero-order valence-electron chi connectivity index (χ0n) is 9.09. The van der Waals surface area contributed by atoms with Crippen LogP contribution in [0.25, 0.3) is 0 Å². The predicted octanol–water partition coefficient (Wildman–Crippen LogP) is 1.77. The number of esters is 1. The van der Waals surface area contributed by atoms with Crippen LogP contribution in [0.1, 0.15) is 5.56 Å². The molecule has 17 heavy (non-hydrogen) atoms. The second-order valence-corrected chi connectivity index (χ2v) is 3.83. The van der Waals surface area contributed by atoms with Crippen molar-refractivity contribution >= 4 is 27.7 Å². The summed E-state index contributed by atoms with van der Waals surface area (Å²) in [4.78, 5) is 15.4. The molecule has 0 aliphatic carbocycles. The minimum absolute atomic E-state index is 0.215. The molecule has 0 aliphatic rings. The summed E-state index contributed by atoms with van der Waals surface area (Å²) in [5, 5.41) is 3.61. The number of nitrogens with zero attached hydrogens (tertiary/aromatic N) is 1. The highest BCUT2D eigenvalue weighted by atomic mass is 79.9. The molecule has 0 saturated carbocycles. The average Bonchev–Trinajstić information content (AvgIpc) is 2.34. The molecular weight excluding hydrogens is 288 g/mol. The third-order valence-corrected chi connectivity index (χ3v) is 2.29. The molecule has 0 unspecified atom stereocenters. The van der Waals surface area contributed by atoms with Crippen molar-refractivity contribution in [1.82, 2.24) is 0 Å². The maximum absolute atomic E-state index is 10.7. The van der Waals surface area contributed by atoms with E-state index in [1.54, 1.807) is 12.1 Å². The number of oxime groups is 1. The number of benzene rings is 1. The number of ether oxygens (including phenoxy) is 1. The molecule has 0 bridgehead atoms. The number of hydrogen-bond acceptors (Lipinski definition) is 4. The molecule has 0 aromatic heterocycles.